The largest absolute Gasteiger partial charge is 0.392 e. The van der Waals surface area contributed by atoms with Crippen molar-refractivity contribution in [2.75, 3.05) is 13.6 Å². The Morgan fingerprint density at radius 2 is 2.40 bits per heavy atom. The van der Waals surface area contributed by atoms with Crippen LogP contribution in [0.4, 0.5) is 0 Å². The molecule has 0 bridgehead atoms. The van der Waals surface area contributed by atoms with Crippen LogP contribution < -0.4 is 11.2 Å². The highest BCUT2D eigenvalue weighted by Gasteiger charge is 2.31. The van der Waals surface area contributed by atoms with Crippen molar-refractivity contribution in [1.29, 1.82) is 0 Å². The Bertz CT molecular complexity index is 271. The van der Waals surface area contributed by atoms with Gasteiger partial charge in [0.2, 0.25) is 0 Å². The zero-order valence-corrected chi connectivity index (χ0v) is 9.70. The molecule has 0 spiro atoms. The fraction of sp³-hybridized carbons (Fsp3) is 0.636. The van der Waals surface area contributed by atoms with Crippen LogP contribution in [0.25, 0.3) is 0 Å². The smallest absolute Gasteiger partial charge is 0.107 e. The first kappa shape index (κ1) is 12.4. The van der Waals surface area contributed by atoms with E-state index < -0.39 is 0 Å². The Kier molecular flexibility index (Phi) is 4.04. The number of nitrogens with zero attached hydrogens (tertiary/aromatic N) is 1. The highest BCUT2D eigenvalue weighted by molar-refractivity contribution is 5.25. The first-order valence-electron chi connectivity index (χ1n) is 5.23. The maximum absolute atomic E-state index is 9.28. The van der Waals surface area contributed by atoms with Crippen LogP contribution in [-0.2, 0) is 0 Å². The van der Waals surface area contributed by atoms with Gasteiger partial charge in [0.25, 0.3) is 0 Å². The van der Waals surface area contributed by atoms with Crippen molar-refractivity contribution in [2.45, 2.75) is 32.0 Å². The van der Waals surface area contributed by atoms with E-state index in [0.717, 1.165) is 6.42 Å². The van der Waals surface area contributed by atoms with Crippen molar-refractivity contribution in [3.8, 4) is 0 Å². The summed E-state index contributed by atoms with van der Waals surface area (Å²) in [4.78, 5) is 0. The van der Waals surface area contributed by atoms with E-state index in [1.54, 1.807) is 11.9 Å². The van der Waals surface area contributed by atoms with Gasteiger partial charge in [-0.25, -0.2) is 5.01 Å². The predicted octanol–water partition coefficient (Wildman–Crippen LogP) is 0.365. The Balaban J connectivity index is 2.73. The summed E-state index contributed by atoms with van der Waals surface area (Å²) in [5.74, 6) is 5.86. The minimum Gasteiger partial charge on any atom is -0.392 e. The molecule has 0 amide bonds. The minimum atomic E-state index is -0.374. The molecule has 4 N–H and O–H groups in total. The lowest BCUT2D eigenvalue weighted by atomic mass is 9.94. The standard InChI is InChI=1S/C11H21N3O/c1-9-5-4-6-11(7-9,14(3)12)13-8-10(2)15/h4-6,10,13,15H,7-8,12H2,1-3H3. The maximum atomic E-state index is 9.28. The Labute approximate surface area is 91.4 Å². The van der Waals surface area contributed by atoms with Crippen LogP contribution >= 0.6 is 0 Å². The third-order valence-corrected chi connectivity index (χ3v) is 2.63. The van der Waals surface area contributed by atoms with Gasteiger partial charge in [-0.3, -0.25) is 11.2 Å². The molecule has 86 valence electrons. The van der Waals surface area contributed by atoms with Crippen molar-refractivity contribution in [1.82, 2.24) is 10.3 Å². The lowest BCUT2D eigenvalue weighted by molar-refractivity contribution is 0.100. The number of likely N-dealkylation sites (N-methyl/N-ethyl adjacent to an activating group) is 1. The van der Waals surface area contributed by atoms with E-state index in [2.05, 4.69) is 18.3 Å². The van der Waals surface area contributed by atoms with Gasteiger partial charge in [0.05, 0.1) is 6.10 Å². The van der Waals surface area contributed by atoms with Crippen molar-refractivity contribution in [3.63, 3.8) is 0 Å². The zero-order valence-electron chi connectivity index (χ0n) is 9.70. The Morgan fingerprint density at radius 1 is 1.73 bits per heavy atom. The molecule has 15 heavy (non-hydrogen) atoms. The second-order valence-corrected chi connectivity index (χ2v) is 4.31. The molecule has 0 saturated heterocycles. The van der Waals surface area contributed by atoms with Gasteiger partial charge < -0.3 is 5.11 Å². The highest BCUT2D eigenvalue weighted by atomic mass is 16.3. The van der Waals surface area contributed by atoms with E-state index in [-0.39, 0.29) is 11.8 Å². The van der Waals surface area contributed by atoms with Crippen molar-refractivity contribution in [2.24, 2.45) is 5.84 Å². The molecule has 4 heteroatoms. The van der Waals surface area contributed by atoms with E-state index in [1.165, 1.54) is 5.57 Å². The summed E-state index contributed by atoms with van der Waals surface area (Å²) in [6.45, 7) is 4.36. The molecule has 2 unspecified atom stereocenters. The summed E-state index contributed by atoms with van der Waals surface area (Å²) in [6, 6.07) is 0. The molecule has 0 heterocycles. The summed E-state index contributed by atoms with van der Waals surface area (Å²) in [6.07, 6.45) is 6.57. The third-order valence-electron chi connectivity index (χ3n) is 2.63. The number of hydrogen-bond donors (Lipinski definition) is 3. The molecule has 4 nitrogen and oxygen atoms in total. The molecule has 0 aliphatic heterocycles. The molecule has 0 aromatic heterocycles. The molecule has 1 aliphatic carbocycles. The molecule has 1 rings (SSSR count). The summed E-state index contributed by atoms with van der Waals surface area (Å²) in [5.41, 5.74) is 0.906. The van der Waals surface area contributed by atoms with Gasteiger partial charge in [-0.05, 0) is 19.9 Å². The number of allylic oxidation sites excluding steroid dienone is 2. The Morgan fingerprint density at radius 3 is 2.87 bits per heavy atom. The summed E-state index contributed by atoms with van der Waals surface area (Å²) in [5, 5.41) is 14.2. The van der Waals surface area contributed by atoms with Gasteiger partial charge in [0.1, 0.15) is 5.66 Å². The molecule has 0 radical (unpaired) electrons. The van der Waals surface area contributed by atoms with Gasteiger partial charge in [0.15, 0.2) is 0 Å². The Hall–Kier alpha value is -0.680. The zero-order chi connectivity index (χ0) is 11.5. The van der Waals surface area contributed by atoms with E-state index in [9.17, 15) is 5.11 Å². The quantitative estimate of drug-likeness (QED) is 0.357. The summed E-state index contributed by atoms with van der Waals surface area (Å²) in [7, 11) is 1.83. The van der Waals surface area contributed by atoms with Crippen molar-refractivity contribution in [3.05, 3.63) is 23.8 Å². The van der Waals surface area contributed by atoms with Crippen LogP contribution in [0.5, 0.6) is 0 Å². The van der Waals surface area contributed by atoms with Crippen LogP contribution in [-0.4, -0.2) is 35.5 Å². The minimum absolute atomic E-state index is 0.365. The maximum Gasteiger partial charge on any atom is 0.107 e. The molecule has 2 atom stereocenters. The molecule has 0 fully saturated rings. The number of rotatable bonds is 4. The molecule has 0 aromatic carbocycles. The van der Waals surface area contributed by atoms with Gasteiger partial charge >= 0.3 is 0 Å². The molecule has 0 saturated carbocycles. The second-order valence-electron chi connectivity index (χ2n) is 4.31. The fourth-order valence-corrected chi connectivity index (χ4v) is 1.73. The van der Waals surface area contributed by atoms with E-state index in [1.807, 2.05) is 19.2 Å². The first-order chi connectivity index (χ1) is 6.96. The van der Waals surface area contributed by atoms with E-state index >= 15 is 0 Å². The topological polar surface area (TPSA) is 61.5 Å². The molecule has 1 aliphatic rings. The number of nitrogens with one attached hydrogen (secondary N) is 1. The van der Waals surface area contributed by atoms with Crippen molar-refractivity contribution < 1.29 is 5.11 Å². The fourth-order valence-electron chi connectivity index (χ4n) is 1.73. The van der Waals surface area contributed by atoms with Gasteiger partial charge in [-0.1, -0.05) is 17.7 Å². The van der Waals surface area contributed by atoms with Gasteiger partial charge in [-0.2, -0.15) is 0 Å². The van der Waals surface area contributed by atoms with Crippen LogP contribution in [0, 0.1) is 0 Å². The van der Waals surface area contributed by atoms with Gasteiger partial charge in [-0.15, -0.1) is 0 Å². The van der Waals surface area contributed by atoms with Crippen LogP contribution in [0.1, 0.15) is 20.3 Å². The molecular weight excluding hydrogens is 190 g/mol. The lowest BCUT2D eigenvalue weighted by Crippen LogP contribution is -2.60. The number of nitrogens with two attached hydrogens (primary N) is 1. The van der Waals surface area contributed by atoms with Crippen molar-refractivity contribution >= 4 is 0 Å². The second kappa shape index (κ2) is 4.90. The van der Waals surface area contributed by atoms with E-state index in [0.29, 0.717) is 6.54 Å². The molecular formula is C11H21N3O. The average Bonchev–Trinajstić information content (AvgIpc) is 2.14. The van der Waals surface area contributed by atoms with Crippen LogP contribution in [0.15, 0.2) is 23.8 Å². The SMILES string of the molecule is CC1=CC=CC(NCC(C)O)(N(C)N)C1. The number of aliphatic hydroxyl groups is 1. The predicted molar refractivity (Wildman–Crippen MR) is 61.9 cm³/mol. The number of hydrogen-bond acceptors (Lipinski definition) is 4. The highest BCUT2D eigenvalue weighted by Crippen LogP contribution is 2.23. The first-order valence-corrected chi connectivity index (χ1v) is 5.23. The van der Waals surface area contributed by atoms with Crippen LogP contribution in [0.2, 0.25) is 0 Å². The van der Waals surface area contributed by atoms with Gasteiger partial charge in [0, 0.05) is 20.0 Å². The summed E-state index contributed by atoms with van der Waals surface area (Å²) >= 11 is 0. The monoisotopic (exact) mass is 211 g/mol. The normalized spacial score (nSPS) is 28.0. The number of aliphatic hydroxyl groups excluding tert-OH is 1. The number of hydrazine groups is 1. The summed E-state index contributed by atoms with van der Waals surface area (Å²) < 4.78 is 0. The third kappa shape index (κ3) is 3.14. The molecule has 0 aromatic rings. The average molecular weight is 211 g/mol. The van der Waals surface area contributed by atoms with Crippen LogP contribution in [0.3, 0.4) is 0 Å². The lowest BCUT2D eigenvalue weighted by Gasteiger charge is -2.40. The van der Waals surface area contributed by atoms with E-state index in [4.69, 9.17) is 5.84 Å².